The molecular formula is C40H24N4S2. The van der Waals surface area contributed by atoms with Crippen LogP contribution in [0.2, 0.25) is 0 Å². The second-order valence-corrected chi connectivity index (χ2v) is 14.3. The van der Waals surface area contributed by atoms with E-state index in [1.165, 1.54) is 41.8 Å². The Kier molecular flexibility index (Phi) is 5.01. The largest absolute Gasteiger partial charge is 0.310 e. The van der Waals surface area contributed by atoms with Crippen molar-refractivity contribution in [3.63, 3.8) is 0 Å². The first-order valence-corrected chi connectivity index (χ1v) is 17.3. The molecule has 6 heteroatoms. The molecule has 0 spiro atoms. The standard InChI is InChI=1S/C40H24N4S2/c1-4-15-28-27(12-1)36-32(43(28)30-16-7-13-25-23-10-2-5-19-34(23)45-39(25)30)22-33-38(42-36)37-29(18-9-21-41-37)44(33)31-17-8-14-26-24-11-3-6-20-35(24)46-40(26)31/h1-22,25,39H. The SMILES string of the molecule is C1=CC2c3ccccc3SC2C(n2c3ccccc3c3nc4c5ncccc5n(-c5cccc6c5sc5ccccc56)c4cc32)=C1. The molecule has 0 amide bonds. The minimum atomic E-state index is 0.289. The number of fused-ring (bicyclic) bond motifs is 12. The second-order valence-electron chi connectivity index (χ2n) is 12.1. The number of hydrogen-bond donors (Lipinski definition) is 0. The van der Waals surface area contributed by atoms with Crippen molar-refractivity contribution in [1.29, 1.82) is 0 Å². The van der Waals surface area contributed by atoms with E-state index in [9.17, 15) is 0 Å². The van der Waals surface area contributed by atoms with Crippen LogP contribution < -0.4 is 0 Å². The number of pyridine rings is 2. The monoisotopic (exact) mass is 624 g/mol. The summed E-state index contributed by atoms with van der Waals surface area (Å²) in [6.45, 7) is 0. The van der Waals surface area contributed by atoms with Crippen LogP contribution in [0.4, 0.5) is 0 Å². The fourth-order valence-corrected chi connectivity index (χ4v) is 10.5. The zero-order chi connectivity index (χ0) is 29.9. The van der Waals surface area contributed by atoms with E-state index in [0.717, 1.165) is 44.2 Å². The summed E-state index contributed by atoms with van der Waals surface area (Å²) in [5.41, 5.74) is 11.2. The average Bonchev–Trinajstić information content (AvgIpc) is 3.85. The number of thioether (sulfide) groups is 1. The van der Waals surface area contributed by atoms with Crippen LogP contribution in [0.15, 0.2) is 139 Å². The van der Waals surface area contributed by atoms with Crippen molar-refractivity contribution in [3.8, 4) is 5.69 Å². The van der Waals surface area contributed by atoms with Crippen LogP contribution in [0, 0.1) is 0 Å². The van der Waals surface area contributed by atoms with E-state index in [1.807, 2.05) is 35.4 Å². The van der Waals surface area contributed by atoms with Crippen LogP contribution in [-0.4, -0.2) is 24.4 Å². The van der Waals surface area contributed by atoms with Crippen molar-refractivity contribution in [2.24, 2.45) is 0 Å². The van der Waals surface area contributed by atoms with Gasteiger partial charge in [-0.15, -0.1) is 23.1 Å². The van der Waals surface area contributed by atoms with Crippen LogP contribution in [0.25, 0.3) is 75.6 Å². The maximum absolute atomic E-state index is 5.49. The minimum absolute atomic E-state index is 0.289. The molecule has 0 fully saturated rings. The maximum Gasteiger partial charge on any atom is 0.116 e. The first kappa shape index (κ1) is 25.1. The van der Waals surface area contributed by atoms with Crippen molar-refractivity contribution < 1.29 is 0 Å². The van der Waals surface area contributed by atoms with Gasteiger partial charge in [0.2, 0.25) is 0 Å². The zero-order valence-electron chi connectivity index (χ0n) is 24.5. The van der Waals surface area contributed by atoms with E-state index in [2.05, 4.69) is 130 Å². The van der Waals surface area contributed by atoms with Crippen molar-refractivity contribution in [2.45, 2.75) is 16.1 Å². The van der Waals surface area contributed by atoms with Crippen molar-refractivity contribution in [3.05, 3.63) is 139 Å². The fourth-order valence-electron chi connectivity index (χ4n) is 7.80. The van der Waals surface area contributed by atoms with Crippen LogP contribution in [0.1, 0.15) is 11.5 Å². The number of allylic oxidation sites excluding steroid dienone is 3. The molecule has 2 atom stereocenters. The zero-order valence-corrected chi connectivity index (χ0v) is 26.1. The molecule has 6 heterocycles. The number of thiophene rings is 1. The van der Waals surface area contributed by atoms with Crippen LogP contribution in [0.5, 0.6) is 0 Å². The maximum atomic E-state index is 5.49. The van der Waals surface area contributed by atoms with Crippen molar-refractivity contribution in [1.82, 2.24) is 19.1 Å². The highest BCUT2D eigenvalue weighted by atomic mass is 32.2. The quantitative estimate of drug-likeness (QED) is 0.192. The van der Waals surface area contributed by atoms with Gasteiger partial charge in [0, 0.05) is 43.6 Å². The molecule has 2 aliphatic rings. The second kappa shape index (κ2) is 9.19. The molecule has 4 nitrogen and oxygen atoms in total. The van der Waals surface area contributed by atoms with E-state index in [4.69, 9.17) is 9.97 Å². The Morgan fingerprint density at radius 3 is 2.41 bits per heavy atom. The lowest BCUT2D eigenvalue weighted by Gasteiger charge is -2.25. The number of nitrogens with zero attached hydrogens (tertiary/aromatic N) is 4. The summed E-state index contributed by atoms with van der Waals surface area (Å²) >= 11 is 3.83. The Hall–Kier alpha value is -5.17. The van der Waals surface area contributed by atoms with Crippen molar-refractivity contribution >= 4 is 93.0 Å². The van der Waals surface area contributed by atoms with E-state index in [1.54, 1.807) is 0 Å². The molecule has 1 aliphatic heterocycles. The lowest BCUT2D eigenvalue weighted by Crippen LogP contribution is -2.17. The Labute approximate surface area is 271 Å². The summed E-state index contributed by atoms with van der Waals surface area (Å²) in [6, 6.07) is 39.6. The average molecular weight is 625 g/mol. The number of para-hydroxylation sites is 1. The predicted molar refractivity (Wildman–Crippen MR) is 195 cm³/mol. The van der Waals surface area contributed by atoms with Gasteiger partial charge in [0.05, 0.1) is 43.2 Å². The summed E-state index contributed by atoms with van der Waals surface area (Å²) in [5.74, 6) is 0.343. The summed E-state index contributed by atoms with van der Waals surface area (Å²) in [6.07, 6.45) is 8.81. The fraction of sp³-hybridized carbons (Fsp3) is 0.0500. The number of aromatic nitrogens is 4. The summed E-state index contributed by atoms with van der Waals surface area (Å²) in [7, 11) is 0. The number of hydrogen-bond acceptors (Lipinski definition) is 4. The van der Waals surface area contributed by atoms with Crippen LogP contribution in [-0.2, 0) is 0 Å². The predicted octanol–water partition coefficient (Wildman–Crippen LogP) is 10.7. The molecule has 216 valence electrons. The third-order valence-electron chi connectivity index (χ3n) is 9.73. The third kappa shape index (κ3) is 3.25. The van der Waals surface area contributed by atoms with Gasteiger partial charge >= 0.3 is 0 Å². The summed E-state index contributed by atoms with van der Waals surface area (Å²) in [4.78, 5) is 11.8. The Morgan fingerprint density at radius 1 is 0.630 bits per heavy atom. The van der Waals surface area contributed by atoms with Crippen LogP contribution >= 0.6 is 23.1 Å². The molecule has 2 unspecified atom stereocenters. The Balaban J connectivity index is 1.24. The molecule has 46 heavy (non-hydrogen) atoms. The highest BCUT2D eigenvalue weighted by Gasteiger charge is 2.37. The van der Waals surface area contributed by atoms with E-state index >= 15 is 0 Å². The van der Waals surface area contributed by atoms with E-state index < -0.39 is 0 Å². The topological polar surface area (TPSA) is 35.6 Å². The Bertz CT molecular complexity index is 2810. The molecule has 0 radical (unpaired) electrons. The molecule has 0 N–H and O–H groups in total. The van der Waals surface area contributed by atoms with Gasteiger partial charge in [-0.3, -0.25) is 4.98 Å². The van der Waals surface area contributed by atoms with Gasteiger partial charge in [0.1, 0.15) is 11.0 Å². The molecular weight excluding hydrogens is 601 g/mol. The lowest BCUT2D eigenvalue weighted by molar-refractivity contribution is 0.863. The van der Waals surface area contributed by atoms with Gasteiger partial charge < -0.3 is 9.13 Å². The van der Waals surface area contributed by atoms with Gasteiger partial charge in [-0.05, 0) is 54.1 Å². The molecule has 4 aromatic carbocycles. The summed E-state index contributed by atoms with van der Waals surface area (Å²) in [5, 5.41) is 4.03. The first-order valence-electron chi connectivity index (χ1n) is 15.6. The third-order valence-corrected chi connectivity index (χ3v) is 12.4. The highest BCUT2D eigenvalue weighted by molar-refractivity contribution is 8.00. The number of rotatable bonds is 2. The highest BCUT2D eigenvalue weighted by Crippen LogP contribution is 2.53. The van der Waals surface area contributed by atoms with Gasteiger partial charge in [0.15, 0.2) is 0 Å². The molecule has 11 rings (SSSR count). The normalized spacial score (nSPS) is 17.5. The van der Waals surface area contributed by atoms with E-state index in [-0.39, 0.29) is 5.25 Å². The molecule has 0 saturated carbocycles. The van der Waals surface area contributed by atoms with Gasteiger partial charge in [-0.1, -0.05) is 78.9 Å². The van der Waals surface area contributed by atoms with Gasteiger partial charge in [-0.2, -0.15) is 0 Å². The van der Waals surface area contributed by atoms with Gasteiger partial charge in [-0.25, -0.2) is 4.98 Å². The smallest absolute Gasteiger partial charge is 0.116 e. The van der Waals surface area contributed by atoms with Gasteiger partial charge in [0.25, 0.3) is 0 Å². The number of benzene rings is 4. The molecule has 0 saturated heterocycles. The molecule has 5 aromatic heterocycles. The molecule has 0 bridgehead atoms. The molecule has 9 aromatic rings. The van der Waals surface area contributed by atoms with Crippen LogP contribution in [0.3, 0.4) is 0 Å². The summed E-state index contributed by atoms with van der Waals surface area (Å²) < 4.78 is 7.44. The molecule has 1 aliphatic carbocycles. The first-order chi connectivity index (χ1) is 22.8. The Morgan fingerprint density at radius 2 is 1.43 bits per heavy atom. The minimum Gasteiger partial charge on any atom is -0.310 e. The van der Waals surface area contributed by atoms with Crippen molar-refractivity contribution in [2.75, 3.05) is 0 Å². The lowest BCUT2D eigenvalue weighted by atomic mass is 9.90. The van der Waals surface area contributed by atoms with E-state index in [0.29, 0.717) is 5.92 Å².